The van der Waals surface area contributed by atoms with Crippen molar-refractivity contribution in [3.05, 3.63) is 0 Å². The summed E-state index contributed by atoms with van der Waals surface area (Å²) in [5, 5.41) is 2.90. The maximum absolute atomic E-state index is 11.9. The average molecular weight is 256 g/mol. The number of methoxy groups -OCH3 is 1. The molecule has 1 saturated heterocycles. The Labute approximate surface area is 109 Å². The van der Waals surface area contributed by atoms with E-state index in [9.17, 15) is 9.59 Å². The van der Waals surface area contributed by atoms with Crippen molar-refractivity contribution in [3.63, 3.8) is 0 Å². The van der Waals surface area contributed by atoms with Gasteiger partial charge >= 0.3 is 5.97 Å². The normalized spacial score (nSPS) is 22.6. The summed E-state index contributed by atoms with van der Waals surface area (Å²) >= 11 is 0. The molecule has 18 heavy (non-hydrogen) atoms. The van der Waals surface area contributed by atoms with Gasteiger partial charge in [-0.25, -0.2) is 0 Å². The van der Waals surface area contributed by atoms with E-state index in [4.69, 9.17) is 4.74 Å². The molecular weight excluding hydrogens is 232 g/mol. The molecule has 0 aromatic rings. The van der Waals surface area contributed by atoms with E-state index in [1.807, 2.05) is 20.8 Å². The van der Waals surface area contributed by atoms with Crippen LogP contribution in [0.25, 0.3) is 0 Å². The summed E-state index contributed by atoms with van der Waals surface area (Å²) in [5.41, 5.74) is 0. The van der Waals surface area contributed by atoms with Crippen molar-refractivity contribution in [1.82, 2.24) is 10.2 Å². The maximum Gasteiger partial charge on any atom is 0.309 e. The zero-order valence-electron chi connectivity index (χ0n) is 11.7. The van der Waals surface area contributed by atoms with Gasteiger partial charge in [0.25, 0.3) is 0 Å². The van der Waals surface area contributed by atoms with Gasteiger partial charge in [0.1, 0.15) is 0 Å². The Morgan fingerprint density at radius 2 is 2.00 bits per heavy atom. The maximum atomic E-state index is 11.9. The first-order chi connectivity index (χ1) is 8.45. The van der Waals surface area contributed by atoms with Crippen LogP contribution in [-0.4, -0.2) is 49.1 Å². The third-order valence-electron chi connectivity index (χ3n) is 3.35. The monoisotopic (exact) mass is 256 g/mol. The van der Waals surface area contributed by atoms with Crippen molar-refractivity contribution in [2.75, 3.05) is 20.2 Å². The minimum Gasteiger partial charge on any atom is -0.469 e. The van der Waals surface area contributed by atoms with E-state index in [0.717, 1.165) is 19.4 Å². The van der Waals surface area contributed by atoms with Gasteiger partial charge in [-0.15, -0.1) is 0 Å². The molecule has 5 heteroatoms. The highest BCUT2D eigenvalue weighted by molar-refractivity contribution is 5.81. The number of carbonyl (C=O) groups excluding carboxylic acids is 2. The highest BCUT2D eigenvalue weighted by Crippen LogP contribution is 2.19. The first-order valence-corrected chi connectivity index (χ1v) is 6.58. The van der Waals surface area contributed by atoms with Gasteiger partial charge in [0, 0.05) is 12.6 Å². The van der Waals surface area contributed by atoms with Gasteiger partial charge in [-0.3, -0.25) is 14.5 Å². The van der Waals surface area contributed by atoms with Gasteiger partial charge in [0.15, 0.2) is 0 Å². The first kappa shape index (κ1) is 15.0. The van der Waals surface area contributed by atoms with E-state index >= 15 is 0 Å². The van der Waals surface area contributed by atoms with Crippen LogP contribution in [0.4, 0.5) is 0 Å². The number of ether oxygens (including phenoxy) is 1. The molecule has 2 unspecified atom stereocenters. The standard InChI is InChI=1S/C13H24N2O3/c1-9(2)14-12(16)10(3)15-7-5-6-11(8-15)13(17)18-4/h9-11H,5-8H2,1-4H3,(H,14,16). The Bertz CT molecular complexity index is 305. The second-order valence-electron chi connectivity index (χ2n) is 5.20. The lowest BCUT2D eigenvalue weighted by Crippen LogP contribution is -2.51. The average Bonchev–Trinajstić information content (AvgIpc) is 2.36. The lowest BCUT2D eigenvalue weighted by atomic mass is 9.97. The summed E-state index contributed by atoms with van der Waals surface area (Å²) in [5.74, 6) is -0.246. The van der Waals surface area contributed by atoms with Gasteiger partial charge in [-0.1, -0.05) is 0 Å². The highest BCUT2D eigenvalue weighted by Gasteiger charge is 2.31. The number of rotatable bonds is 4. The van der Waals surface area contributed by atoms with Crippen molar-refractivity contribution in [1.29, 1.82) is 0 Å². The molecule has 1 aliphatic rings. The predicted molar refractivity (Wildman–Crippen MR) is 69.1 cm³/mol. The summed E-state index contributed by atoms with van der Waals surface area (Å²) in [6.07, 6.45) is 1.78. The number of hydrogen-bond donors (Lipinski definition) is 1. The quantitative estimate of drug-likeness (QED) is 0.755. The van der Waals surface area contributed by atoms with Crippen LogP contribution in [-0.2, 0) is 14.3 Å². The van der Waals surface area contributed by atoms with Gasteiger partial charge in [-0.05, 0) is 40.2 Å². The number of nitrogens with zero attached hydrogens (tertiary/aromatic N) is 1. The van der Waals surface area contributed by atoms with E-state index in [-0.39, 0.29) is 29.9 Å². The summed E-state index contributed by atoms with van der Waals surface area (Å²) in [6.45, 7) is 7.24. The second kappa shape index (κ2) is 6.73. The van der Waals surface area contributed by atoms with Gasteiger partial charge in [0.05, 0.1) is 19.1 Å². The molecule has 5 nitrogen and oxygen atoms in total. The molecule has 1 amide bonds. The largest absolute Gasteiger partial charge is 0.469 e. The molecule has 0 radical (unpaired) electrons. The molecule has 1 heterocycles. The zero-order valence-corrected chi connectivity index (χ0v) is 11.7. The van der Waals surface area contributed by atoms with E-state index in [1.165, 1.54) is 7.11 Å². The van der Waals surface area contributed by atoms with Crippen molar-refractivity contribution >= 4 is 11.9 Å². The molecule has 1 N–H and O–H groups in total. The smallest absolute Gasteiger partial charge is 0.309 e. The highest BCUT2D eigenvalue weighted by atomic mass is 16.5. The molecule has 1 rings (SSSR count). The number of esters is 1. The number of likely N-dealkylation sites (tertiary alicyclic amines) is 1. The van der Waals surface area contributed by atoms with Crippen LogP contribution >= 0.6 is 0 Å². The van der Waals surface area contributed by atoms with Crippen molar-refractivity contribution in [2.24, 2.45) is 5.92 Å². The van der Waals surface area contributed by atoms with Gasteiger partial charge in [-0.2, -0.15) is 0 Å². The van der Waals surface area contributed by atoms with Crippen LogP contribution < -0.4 is 5.32 Å². The third-order valence-corrected chi connectivity index (χ3v) is 3.35. The van der Waals surface area contributed by atoms with E-state index in [1.54, 1.807) is 0 Å². The number of piperidine rings is 1. The van der Waals surface area contributed by atoms with Gasteiger partial charge in [0.2, 0.25) is 5.91 Å². The molecule has 0 bridgehead atoms. The summed E-state index contributed by atoms with van der Waals surface area (Å²) in [4.78, 5) is 25.5. The number of hydrogen-bond acceptors (Lipinski definition) is 4. The van der Waals surface area contributed by atoms with Crippen LogP contribution in [0.1, 0.15) is 33.6 Å². The molecule has 0 aromatic heterocycles. The SMILES string of the molecule is COC(=O)C1CCCN(C(C)C(=O)NC(C)C)C1. The Hall–Kier alpha value is -1.10. The first-order valence-electron chi connectivity index (χ1n) is 6.58. The molecule has 0 aromatic carbocycles. The summed E-state index contributed by atoms with van der Waals surface area (Å²) in [6, 6.07) is -0.0546. The Morgan fingerprint density at radius 1 is 1.33 bits per heavy atom. The number of amides is 1. The molecule has 1 aliphatic heterocycles. The molecule has 2 atom stereocenters. The van der Waals surface area contributed by atoms with Gasteiger partial charge < -0.3 is 10.1 Å². The minimum atomic E-state index is -0.195. The molecule has 0 aliphatic carbocycles. The summed E-state index contributed by atoms with van der Waals surface area (Å²) in [7, 11) is 1.41. The van der Waals surface area contributed by atoms with Crippen LogP contribution in [0, 0.1) is 5.92 Å². The minimum absolute atomic E-state index is 0.0236. The molecule has 104 valence electrons. The van der Waals surface area contributed by atoms with E-state index < -0.39 is 0 Å². The Morgan fingerprint density at radius 3 is 2.56 bits per heavy atom. The van der Waals surface area contributed by atoms with E-state index in [0.29, 0.717) is 6.54 Å². The van der Waals surface area contributed by atoms with Crippen LogP contribution in [0.2, 0.25) is 0 Å². The predicted octanol–water partition coefficient (Wildman–Crippen LogP) is 0.785. The lowest BCUT2D eigenvalue weighted by Gasteiger charge is -2.35. The van der Waals surface area contributed by atoms with Crippen LogP contribution in [0.5, 0.6) is 0 Å². The lowest BCUT2D eigenvalue weighted by molar-refractivity contribution is -0.148. The fraction of sp³-hybridized carbons (Fsp3) is 0.846. The molecule has 1 fully saturated rings. The van der Waals surface area contributed by atoms with Crippen molar-refractivity contribution in [2.45, 2.75) is 45.7 Å². The van der Waals surface area contributed by atoms with Crippen LogP contribution in [0.3, 0.4) is 0 Å². The summed E-state index contributed by atoms with van der Waals surface area (Å²) < 4.78 is 4.78. The molecular formula is C13H24N2O3. The molecule has 0 spiro atoms. The topological polar surface area (TPSA) is 58.6 Å². The number of carbonyl (C=O) groups is 2. The van der Waals surface area contributed by atoms with Crippen LogP contribution in [0.15, 0.2) is 0 Å². The van der Waals surface area contributed by atoms with E-state index in [2.05, 4.69) is 10.2 Å². The Balaban J connectivity index is 2.55. The van der Waals surface area contributed by atoms with Crippen molar-refractivity contribution < 1.29 is 14.3 Å². The third kappa shape index (κ3) is 3.98. The van der Waals surface area contributed by atoms with Crippen molar-refractivity contribution in [3.8, 4) is 0 Å². The second-order valence-corrected chi connectivity index (χ2v) is 5.20. The fourth-order valence-electron chi connectivity index (χ4n) is 2.29. The Kier molecular flexibility index (Phi) is 5.59. The molecule has 0 saturated carbocycles. The zero-order chi connectivity index (χ0) is 13.7. The fourth-order valence-corrected chi connectivity index (χ4v) is 2.29. The number of nitrogens with one attached hydrogen (secondary N) is 1.